The van der Waals surface area contributed by atoms with Crippen molar-refractivity contribution < 1.29 is 24.5 Å². The predicted molar refractivity (Wildman–Crippen MR) is 102 cm³/mol. The molecule has 0 unspecified atom stereocenters. The highest BCUT2D eigenvalue weighted by molar-refractivity contribution is 6.04. The van der Waals surface area contributed by atoms with Crippen LogP contribution in [-0.4, -0.2) is 28.7 Å². The first-order chi connectivity index (χ1) is 12.9. The number of aryl methyl sites for hydroxylation is 2. The number of rotatable bonds is 4. The Morgan fingerprint density at radius 1 is 0.963 bits per heavy atom. The summed E-state index contributed by atoms with van der Waals surface area (Å²) in [4.78, 5) is 24.3. The SMILES string of the molecule is Cc1ccc(NC(=O)COC(=O)c2cc(O)c3ccccc3c2O)cc1C. The maximum atomic E-state index is 12.2. The number of aromatic hydroxyl groups is 2. The fourth-order valence-electron chi connectivity index (χ4n) is 2.72. The molecule has 0 radical (unpaired) electrons. The van der Waals surface area contributed by atoms with Gasteiger partial charge in [-0.05, 0) is 43.2 Å². The number of fused-ring (bicyclic) bond motifs is 1. The van der Waals surface area contributed by atoms with Gasteiger partial charge in [0.25, 0.3) is 5.91 Å². The molecule has 3 aromatic rings. The van der Waals surface area contributed by atoms with E-state index in [0.717, 1.165) is 17.2 Å². The Balaban J connectivity index is 1.70. The molecular formula is C21H19NO5. The molecule has 0 spiro atoms. The van der Waals surface area contributed by atoms with E-state index in [1.165, 1.54) is 0 Å². The average Bonchev–Trinajstić information content (AvgIpc) is 2.66. The molecule has 0 aliphatic heterocycles. The van der Waals surface area contributed by atoms with Gasteiger partial charge in [-0.1, -0.05) is 30.3 Å². The van der Waals surface area contributed by atoms with Crippen LogP contribution in [0, 0.1) is 13.8 Å². The molecule has 0 saturated carbocycles. The number of phenolic OH excluding ortho intramolecular Hbond substituents is 2. The van der Waals surface area contributed by atoms with Crippen molar-refractivity contribution in [3.05, 3.63) is 65.2 Å². The quantitative estimate of drug-likeness (QED) is 0.484. The molecule has 0 bridgehead atoms. The monoisotopic (exact) mass is 365 g/mol. The number of hydrogen-bond donors (Lipinski definition) is 3. The zero-order valence-corrected chi connectivity index (χ0v) is 14.9. The van der Waals surface area contributed by atoms with Crippen LogP contribution < -0.4 is 5.32 Å². The molecule has 0 aliphatic rings. The molecule has 0 fully saturated rings. The van der Waals surface area contributed by atoms with Crippen molar-refractivity contribution in [2.24, 2.45) is 0 Å². The van der Waals surface area contributed by atoms with E-state index in [4.69, 9.17) is 4.74 Å². The van der Waals surface area contributed by atoms with E-state index >= 15 is 0 Å². The number of esters is 1. The zero-order valence-electron chi connectivity index (χ0n) is 14.9. The van der Waals surface area contributed by atoms with Crippen molar-refractivity contribution >= 4 is 28.3 Å². The first-order valence-corrected chi connectivity index (χ1v) is 8.34. The number of amides is 1. The lowest BCUT2D eigenvalue weighted by molar-refractivity contribution is -0.119. The number of carbonyl (C=O) groups excluding carboxylic acids is 2. The van der Waals surface area contributed by atoms with Crippen molar-refractivity contribution in [2.45, 2.75) is 13.8 Å². The highest BCUT2D eigenvalue weighted by Gasteiger charge is 2.19. The molecule has 0 atom stereocenters. The smallest absolute Gasteiger partial charge is 0.342 e. The third-order valence-electron chi connectivity index (χ3n) is 4.34. The molecule has 6 heteroatoms. The molecule has 6 nitrogen and oxygen atoms in total. The van der Waals surface area contributed by atoms with Crippen LogP contribution in [0.2, 0.25) is 0 Å². The van der Waals surface area contributed by atoms with Crippen LogP contribution >= 0.6 is 0 Å². The van der Waals surface area contributed by atoms with Gasteiger partial charge in [-0.25, -0.2) is 4.79 Å². The van der Waals surface area contributed by atoms with E-state index < -0.39 is 18.5 Å². The lowest BCUT2D eigenvalue weighted by atomic mass is 10.0. The number of hydrogen-bond acceptors (Lipinski definition) is 5. The summed E-state index contributed by atoms with van der Waals surface area (Å²) in [6.45, 7) is 3.38. The lowest BCUT2D eigenvalue weighted by Gasteiger charge is -2.11. The van der Waals surface area contributed by atoms with Gasteiger partial charge in [0.2, 0.25) is 0 Å². The van der Waals surface area contributed by atoms with Crippen molar-refractivity contribution in [3.63, 3.8) is 0 Å². The maximum absolute atomic E-state index is 12.2. The molecule has 3 aromatic carbocycles. The number of ether oxygens (including phenoxy) is 1. The number of phenols is 2. The van der Waals surface area contributed by atoms with Crippen LogP contribution in [0.3, 0.4) is 0 Å². The second-order valence-corrected chi connectivity index (χ2v) is 6.26. The Kier molecular flexibility index (Phi) is 4.98. The summed E-state index contributed by atoms with van der Waals surface area (Å²) in [6.07, 6.45) is 0. The normalized spacial score (nSPS) is 10.6. The summed E-state index contributed by atoms with van der Waals surface area (Å²) in [5, 5.41) is 23.7. The Morgan fingerprint density at radius 2 is 1.67 bits per heavy atom. The Bertz CT molecular complexity index is 1040. The molecule has 0 aromatic heterocycles. The van der Waals surface area contributed by atoms with E-state index in [1.54, 1.807) is 30.3 Å². The highest BCUT2D eigenvalue weighted by atomic mass is 16.5. The molecule has 0 aliphatic carbocycles. The zero-order chi connectivity index (χ0) is 19.6. The van der Waals surface area contributed by atoms with Gasteiger partial charge in [0.05, 0.1) is 0 Å². The van der Waals surface area contributed by atoms with Crippen LogP contribution in [-0.2, 0) is 9.53 Å². The molecule has 0 heterocycles. The van der Waals surface area contributed by atoms with E-state index in [-0.39, 0.29) is 17.1 Å². The number of carbonyl (C=O) groups is 2. The summed E-state index contributed by atoms with van der Waals surface area (Å²) < 4.78 is 4.98. The summed E-state index contributed by atoms with van der Waals surface area (Å²) >= 11 is 0. The predicted octanol–water partition coefficient (Wildman–Crippen LogP) is 3.66. The Morgan fingerprint density at radius 3 is 2.37 bits per heavy atom. The third-order valence-corrected chi connectivity index (χ3v) is 4.34. The van der Waals surface area contributed by atoms with Gasteiger partial charge >= 0.3 is 5.97 Å². The molecule has 3 rings (SSSR count). The number of nitrogens with one attached hydrogen (secondary N) is 1. The van der Waals surface area contributed by atoms with Crippen LogP contribution in [0.4, 0.5) is 5.69 Å². The van der Waals surface area contributed by atoms with Gasteiger partial charge in [0.15, 0.2) is 6.61 Å². The van der Waals surface area contributed by atoms with Gasteiger partial charge in [-0.2, -0.15) is 0 Å². The van der Waals surface area contributed by atoms with Crippen LogP contribution in [0.25, 0.3) is 10.8 Å². The summed E-state index contributed by atoms with van der Waals surface area (Å²) in [6, 6.07) is 13.2. The number of anilines is 1. The minimum Gasteiger partial charge on any atom is -0.507 e. The molecule has 27 heavy (non-hydrogen) atoms. The minimum atomic E-state index is -0.899. The van der Waals surface area contributed by atoms with E-state index in [1.807, 2.05) is 26.0 Å². The van der Waals surface area contributed by atoms with Crippen LogP contribution in [0.1, 0.15) is 21.5 Å². The Labute approximate surface area is 156 Å². The first-order valence-electron chi connectivity index (χ1n) is 8.34. The standard InChI is InChI=1S/C21H19NO5/c1-12-7-8-14(9-13(12)2)22-19(24)11-27-21(26)17-10-18(23)15-5-3-4-6-16(15)20(17)25/h3-10,23,25H,11H2,1-2H3,(H,22,24). The van der Waals surface area contributed by atoms with Gasteiger partial charge in [-0.15, -0.1) is 0 Å². The third kappa shape index (κ3) is 3.84. The highest BCUT2D eigenvalue weighted by Crippen LogP contribution is 2.35. The van der Waals surface area contributed by atoms with Crippen molar-refractivity contribution in [1.82, 2.24) is 0 Å². The Hall–Kier alpha value is -3.54. The van der Waals surface area contributed by atoms with Crippen LogP contribution in [0.15, 0.2) is 48.5 Å². The largest absolute Gasteiger partial charge is 0.507 e. The van der Waals surface area contributed by atoms with E-state index in [0.29, 0.717) is 16.5 Å². The molecular weight excluding hydrogens is 346 g/mol. The molecule has 138 valence electrons. The molecule has 0 saturated heterocycles. The first kappa shape index (κ1) is 18.3. The van der Waals surface area contributed by atoms with Gasteiger partial charge in [0.1, 0.15) is 17.1 Å². The van der Waals surface area contributed by atoms with E-state index in [2.05, 4.69) is 5.32 Å². The maximum Gasteiger partial charge on any atom is 0.342 e. The van der Waals surface area contributed by atoms with Gasteiger partial charge < -0.3 is 20.3 Å². The molecule has 3 N–H and O–H groups in total. The summed E-state index contributed by atoms with van der Waals surface area (Å²) in [7, 11) is 0. The van der Waals surface area contributed by atoms with Crippen molar-refractivity contribution in [2.75, 3.05) is 11.9 Å². The minimum absolute atomic E-state index is 0.157. The van der Waals surface area contributed by atoms with E-state index in [9.17, 15) is 19.8 Å². The second-order valence-electron chi connectivity index (χ2n) is 6.26. The fraction of sp³-hybridized carbons (Fsp3) is 0.143. The second kappa shape index (κ2) is 7.37. The fourth-order valence-corrected chi connectivity index (χ4v) is 2.72. The lowest BCUT2D eigenvalue weighted by Crippen LogP contribution is -2.21. The van der Waals surface area contributed by atoms with Gasteiger partial charge in [0, 0.05) is 16.5 Å². The molecule has 1 amide bonds. The topological polar surface area (TPSA) is 95.9 Å². The average molecular weight is 365 g/mol. The van der Waals surface area contributed by atoms with Crippen molar-refractivity contribution in [1.29, 1.82) is 0 Å². The van der Waals surface area contributed by atoms with Crippen molar-refractivity contribution in [3.8, 4) is 11.5 Å². The summed E-state index contributed by atoms with van der Waals surface area (Å²) in [5.74, 6) is -1.86. The van der Waals surface area contributed by atoms with Gasteiger partial charge in [-0.3, -0.25) is 4.79 Å². The van der Waals surface area contributed by atoms with Crippen LogP contribution in [0.5, 0.6) is 11.5 Å². The summed E-state index contributed by atoms with van der Waals surface area (Å²) in [5.41, 5.74) is 2.53. The number of benzene rings is 3.